The first-order valence-electron chi connectivity index (χ1n) is 9.47. The number of nitrogens with zero attached hydrogens (tertiary/aromatic N) is 2. The lowest BCUT2D eigenvalue weighted by molar-refractivity contribution is -0.136. The molecule has 2 unspecified atom stereocenters. The van der Waals surface area contributed by atoms with Crippen LogP contribution in [0, 0.1) is 17.8 Å². The Kier molecular flexibility index (Phi) is 4.32. The van der Waals surface area contributed by atoms with Crippen LogP contribution in [0.5, 0.6) is 0 Å². The molecule has 25 heavy (non-hydrogen) atoms. The van der Waals surface area contributed by atoms with Crippen LogP contribution in [-0.4, -0.2) is 21.2 Å². The molecule has 0 saturated heterocycles. The first-order chi connectivity index (χ1) is 12.2. The van der Waals surface area contributed by atoms with Crippen LogP contribution in [0.1, 0.15) is 45.4 Å². The summed E-state index contributed by atoms with van der Waals surface area (Å²) in [6.07, 6.45) is 5.41. The SMILES string of the molecule is CCCn1c(NC(=O)C2CC3CCCC(C2)C3=O)nc2ccccc21. The number of anilines is 1. The van der Waals surface area contributed by atoms with Gasteiger partial charge in [0.15, 0.2) is 0 Å². The second kappa shape index (κ2) is 6.62. The number of ketones is 1. The topological polar surface area (TPSA) is 64.0 Å². The zero-order valence-corrected chi connectivity index (χ0v) is 14.7. The Hall–Kier alpha value is -2.17. The highest BCUT2D eigenvalue weighted by Gasteiger charge is 2.41. The molecule has 5 heteroatoms. The van der Waals surface area contributed by atoms with Crippen LogP contribution in [0.2, 0.25) is 0 Å². The van der Waals surface area contributed by atoms with Crippen molar-refractivity contribution in [2.75, 3.05) is 5.32 Å². The Morgan fingerprint density at radius 2 is 1.96 bits per heavy atom. The van der Waals surface area contributed by atoms with E-state index in [1.165, 1.54) is 0 Å². The predicted molar refractivity (Wildman–Crippen MR) is 97.2 cm³/mol. The molecule has 2 atom stereocenters. The number of rotatable bonds is 4. The van der Waals surface area contributed by atoms with Gasteiger partial charge in [0.25, 0.3) is 0 Å². The van der Waals surface area contributed by atoms with Gasteiger partial charge in [-0.15, -0.1) is 0 Å². The second-order valence-electron chi connectivity index (χ2n) is 7.46. The number of imidazole rings is 1. The molecule has 1 N–H and O–H groups in total. The molecule has 2 aliphatic carbocycles. The van der Waals surface area contributed by atoms with Crippen molar-refractivity contribution in [3.8, 4) is 0 Å². The second-order valence-corrected chi connectivity index (χ2v) is 7.46. The van der Waals surface area contributed by atoms with Crippen molar-refractivity contribution in [2.24, 2.45) is 17.8 Å². The average molecular weight is 339 g/mol. The number of carbonyl (C=O) groups excluding carboxylic acids is 2. The van der Waals surface area contributed by atoms with Gasteiger partial charge in [-0.25, -0.2) is 4.98 Å². The Balaban J connectivity index is 1.56. The minimum Gasteiger partial charge on any atom is -0.310 e. The summed E-state index contributed by atoms with van der Waals surface area (Å²) in [7, 11) is 0. The molecule has 2 bridgehead atoms. The molecule has 0 radical (unpaired) electrons. The molecule has 2 fully saturated rings. The maximum atomic E-state index is 12.9. The summed E-state index contributed by atoms with van der Waals surface area (Å²) in [5.74, 6) is 1.18. The fourth-order valence-electron chi connectivity index (χ4n) is 4.53. The van der Waals surface area contributed by atoms with Crippen LogP contribution >= 0.6 is 0 Å². The number of benzene rings is 1. The number of fused-ring (bicyclic) bond motifs is 3. The largest absolute Gasteiger partial charge is 0.310 e. The normalized spacial score (nSPS) is 26.0. The molecular formula is C20H25N3O2. The molecule has 1 aromatic carbocycles. The molecule has 1 amide bonds. The Bertz CT molecular complexity index is 794. The number of hydrogen-bond donors (Lipinski definition) is 1. The lowest BCUT2D eigenvalue weighted by Gasteiger charge is -2.36. The van der Waals surface area contributed by atoms with E-state index >= 15 is 0 Å². The highest BCUT2D eigenvalue weighted by atomic mass is 16.2. The minimum atomic E-state index is -0.0668. The number of nitrogens with one attached hydrogen (secondary N) is 1. The molecule has 2 aliphatic rings. The summed E-state index contributed by atoms with van der Waals surface area (Å²) in [5, 5.41) is 3.06. The lowest BCUT2D eigenvalue weighted by Crippen LogP contribution is -2.40. The van der Waals surface area contributed by atoms with Crippen molar-refractivity contribution < 1.29 is 9.59 Å². The number of para-hydroxylation sites is 2. The lowest BCUT2D eigenvalue weighted by atomic mass is 9.67. The molecular weight excluding hydrogens is 314 g/mol. The third-order valence-electron chi connectivity index (χ3n) is 5.76. The van der Waals surface area contributed by atoms with E-state index in [9.17, 15) is 9.59 Å². The highest BCUT2D eigenvalue weighted by molar-refractivity contribution is 5.95. The van der Waals surface area contributed by atoms with Crippen molar-refractivity contribution in [2.45, 2.75) is 52.0 Å². The summed E-state index contributed by atoms with van der Waals surface area (Å²) in [6.45, 7) is 2.94. The maximum Gasteiger partial charge on any atom is 0.229 e. The summed E-state index contributed by atoms with van der Waals surface area (Å²) >= 11 is 0. The van der Waals surface area contributed by atoms with Gasteiger partial charge in [0, 0.05) is 24.3 Å². The first kappa shape index (κ1) is 16.3. The maximum absolute atomic E-state index is 12.9. The molecule has 1 aromatic heterocycles. The Morgan fingerprint density at radius 1 is 1.24 bits per heavy atom. The van der Waals surface area contributed by atoms with Crippen LogP contribution in [0.15, 0.2) is 24.3 Å². The quantitative estimate of drug-likeness (QED) is 0.922. The van der Waals surface area contributed by atoms with Crippen molar-refractivity contribution in [1.82, 2.24) is 9.55 Å². The molecule has 4 rings (SSSR count). The fraction of sp³-hybridized carbons (Fsp3) is 0.550. The summed E-state index contributed by atoms with van der Waals surface area (Å²) < 4.78 is 2.09. The van der Waals surface area contributed by atoms with Gasteiger partial charge >= 0.3 is 0 Å². The number of amides is 1. The van der Waals surface area contributed by atoms with Crippen molar-refractivity contribution in [3.63, 3.8) is 0 Å². The average Bonchev–Trinajstić information content (AvgIpc) is 2.92. The van der Waals surface area contributed by atoms with E-state index in [0.29, 0.717) is 24.6 Å². The minimum absolute atomic E-state index is 0.0251. The van der Waals surface area contributed by atoms with Crippen molar-refractivity contribution in [1.29, 1.82) is 0 Å². The van der Waals surface area contributed by atoms with E-state index in [4.69, 9.17) is 0 Å². The number of aromatic nitrogens is 2. The van der Waals surface area contributed by atoms with Crippen LogP contribution in [0.25, 0.3) is 11.0 Å². The highest BCUT2D eigenvalue weighted by Crippen LogP contribution is 2.40. The van der Waals surface area contributed by atoms with Crippen LogP contribution in [0.4, 0.5) is 5.95 Å². The fourth-order valence-corrected chi connectivity index (χ4v) is 4.53. The molecule has 132 valence electrons. The summed E-state index contributed by atoms with van der Waals surface area (Å²) in [5.41, 5.74) is 1.96. The van der Waals surface area contributed by atoms with Gasteiger partial charge in [-0.05, 0) is 44.2 Å². The standard InChI is InChI=1S/C20H25N3O2/c1-2-10-23-17-9-4-3-8-16(17)21-20(23)22-19(25)15-11-13-6-5-7-14(12-15)18(13)24/h3-4,8-9,13-15H,2,5-7,10-12H2,1H3,(H,21,22,25). The molecule has 0 aliphatic heterocycles. The van der Waals surface area contributed by atoms with Gasteiger partial charge in [-0.3, -0.25) is 14.9 Å². The Morgan fingerprint density at radius 3 is 2.68 bits per heavy atom. The first-order valence-corrected chi connectivity index (χ1v) is 9.47. The van der Waals surface area contributed by atoms with Crippen LogP contribution in [-0.2, 0) is 16.1 Å². The zero-order chi connectivity index (χ0) is 17.4. The molecule has 5 nitrogen and oxygen atoms in total. The molecule has 2 aromatic rings. The van der Waals surface area contributed by atoms with Gasteiger partial charge in [0.1, 0.15) is 5.78 Å². The molecule has 2 saturated carbocycles. The predicted octanol–water partition coefficient (Wildman–Crippen LogP) is 3.78. The summed E-state index contributed by atoms with van der Waals surface area (Å²) in [6, 6.07) is 7.97. The van der Waals surface area contributed by atoms with E-state index in [2.05, 4.69) is 21.8 Å². The third-order valence-corrected chi connectivity index (χ3v) is 5.76. The smallest absolute Gasteiger partial charge is 0.229 e. The van der Waals surface area contributed by atoms with Crippen LogP contribution < -0.4 is 5.32 Å². The van der Waals surface area contributed by atoms with Gasteiger partial charge in [-0.1, -0.05) is 25.5 Å². The third kappa shape index (κ3) is 2.96. The number of Topliss-reactive ketones (excluding diaryl/α,β-unsaturated/α-hetero) is 1. The number of aryl methyl sites for hydroxylation is 1. The Labute approximate surface area is 147 Å². The monoisotopic (exact) mass is 339 g/mol. The van der Waals surface area contributed by atoms with Crippen LogP contribution in [0.3, 0.4) is 0 Å². The van der Waals surface area contributed by atoms with E-state index in [0.717, 1.165) is 43.3 Å². The molecule has 1 heterocycles. The van der Waals surface area contributed by atoms with Gasteiger partial charge in [0.05, 0.1) is 11.0 Å². The van der Waals surface area contributed by atoms with E-state index in [1.54, 1.807) is 0 Å². The molecule has 0 spiro atoms. The zero-order valence-electron chi connectivity index (χ0n) is 14.7. The number of carbonyl (C=O) groups is 2. The van der Waals surface area contributed by atoms with Gasteiger partial charge in [0.2, 0.25) is 11.9 Å². The van der Waals surface area contributed by atoms with Gasteiger partial charge < -0.3 is 4.57 Å². The van der Waals surface area contributed by atoms with Crippen molar-refractivity contribution >= 4 is 28.7 Å². The summed E-state index contributed by atoms with van der Waals surface area (Å²) in [4.78, 5) is 29.7. The number of hydrogen-bond acceptors (Lipinski definition) is 3. The van der Waals surface area contributed by atoms with E-state index in [1.807, 2.05) is 24.3 Å². The van der Waals surface area contributed by atoms with E-state index < -0.39 is 0 Å². The van der Waals surface area contributed by atoms with Gasteiger partial charge in [-0.2, -0.15) is 0 Å². The van der Waals surface area contributed by atoms with Crippen molar-refractivity contribution in [3.05, 3.63) is 24.3 Å². The van der Waals surface area contributed by atoms with E-state index in [-0.39, 0.29) is 23.7 Å².